The van der Waals surface area contributed by atoms with Gasteiger partial charge in [-0.1, -0.05) is 24.9 Å². The van der Waals surface area contributed by atoms with Gasteiger partial charge >= 0.3 is 12.1 Å². The lowest BCUT2D eigenvalue weighted by atomic mass is 10.2. The molecule has 0 aliphatic heterocycles. The molecule has 7 heteroatoms. The van der Waals surface area contributed by atoms with E-state index in [1.54, 1.807) is 0 Å². The molecule has 0 fully saturated rings. The molecule has 116 valence electrons. The average Bonchev–Trinajstić information content (AvgIpc) is 2.48. The zero-order valence-electron chi connectivity index (χ0n) is 12.2. The molecule has 0 aliphatic carbocycles. The second-order valence-electron chi connectivity index (χ2n) is 4.14. The molecule has 0 spiro atoms. The number of benzene rings is 1. The highest BCUT2D eigenvalue weighted by atomic mass is 35.5. The Morgan fingerprint density at radius 3 is 2.57 bits per heavy atom. The number of hydrogen-bond donors (Lipinski definition) is 1. The van der Waals surface area contributed by atoms with Crippen LogP contribution in [0.5, 0.6) is 5.75 Å². The van der Waals surface area contributed by atoms with Gasteiger partial charge < -0.3 is 14.2 Å². The van der Waals surface area contributed by atoms with Gasteiger partial charge in [0.05, 0.1) is 31.5 Å². The molecule has 0 aliphatic rings. The van der Waals surface area contributed by atoms with Crippen LogP contribution >= 0.6 is 11.6 Å². The second kappa shape index (κ2) is 8.36. The molecule has 1 amide bonds. The van der Waals surface area contributed by atoms with Gasteiger partial charge in [0.25, 0.3) is 0 Å². The summed E-state index contributed by atoms with van der Waals surface area (Å²) < 4.78 is 14.7. The Bertz CT molecular complexity index is 518. The molecule has 0 saturated carbocycles. The molecule has 0 unspecified atom stereocenters. The van der Waals surface area contributed by atoms with Gasteiger partial charge in [-0.25, -0.2) is 9.59 Å². The van der Waals surface area contributed by atoms with Gasteiger partial charge in [-0.15, -0.1) is 0 Å². The highest BCUT2D eigenvalue weighted by Crippen LogP contribution is 2.31. The lowest BCUT2D eigenvalue weighted by Gasteiger charge is -2.12. The Kier molecular flexibility index (Phi) is 6.81. The van der Waals surface area contributed by atoms with Crippen LogP contribution in [0, 0.1) is 0 Å². The number of amides is 1. The van der Waals surface area contributed by atoms with E-state index in [0.29, 0.717) is 12.3 Å². The first-order valence-corrected chi connectivity index (χ1v) is 6.80. The minimum Gasteiger partial charge on any atom is -0.496 e. The summed E-state index contributed by atoms with van der Waals surface area (Å²) >= 11 is 6.03. The highest BCUT2D eigenvalue weighted by Gasteiger charge is 2.17. The van der Waals surface area contributed by atoms with Crippen LogP contribution in [0.4, 0.5) is 10.5 Å². The van der Waals surface area contributed by atoms with Crippen molar-refractivity contribution in [2.75, 3.05) is 26.1 Å². The molecule has 0 bridgehead atoms. The fraction of sp³-hybridized carbons (Fsp3) is 0.429. The van der Waals surface area contributed by atoms with E-state index in [0.717, 1.165) is 12.8 Å². The van der Waals surface area contributed by atoms with Crippen molar-refractivity contribution in [3.8, 4) is 5.75 Å². The maximum Gasteiger partial charge on any atom is 0.411 e. The third kappa shape index (κ3) is 4.82. The number of esters is 1. The number of anilines is 1. The van der Waals surface area contributed by atoms with E-state index in [1.165, 1.54) is 26.4 Å². The predicted molar refractivity (Wildman–Crippen MR) is 79.2 cm³/mol. The topological polar surface area (TPSA) is 73.9 Å². The van der Waals surface area contributed by atoms with Crippen molar-refractivity contribution in [1.82, 2.24) is 0 Å². The Morgan fingerprint density at radius 1 is 1.29 bits per heavy atom. The van der Waals surface area contributed by atoms with E-state index < -0.39 is 12.1 Å². The third-order valence-electron chi connectivity index (χ3n) is 2.66. The lowest BCUT2D eigenvalue weighted by Crippen LogP contribution is -2.15. The first-order valence-electron chi connectivity index (χ1n) is 6.43. The van der Waals surface area contributed by atoms with Gasteiger partial charge in [-0.2, -0.15) is 0 Å². The third-order valence-corrected chi connectivity index (χ3v) is 2.97. The summed E-state index contributed by atoms with van der Waals surface area (Å²) in [5.41, 5.74) is 0.470. The Hall–Kier alpha value is -1.95. The van der Waals surface area contributed by atoms with Crippen LogP contribution in [0.25, 0.3) is 0 Å². The predicted octanol–water partition coefficient (Wildman–Crippen LogP) is 3.48. The van der Waals surface area contributed by atoms with Crippen molar-refractivity contribution in [2.24, 2.45) is 0 Å². The first-order chi connectivity index (χ1) is 10.0. The fourth-order valence-electron chi connectivity index (χ4n) is 1.54. The molecule has 6 nitrogen and oxygen atoms in total. The van der Waals surface area contributed by atoms with E-state index >= 15 is 0 Å². The number of carbonyl (C=O) groups is 2. The SMILES string of the molecule is CCCCOC(=O)Nc1cc(OC)c(C(=O)OC)cc1Cl. The summed E-state index contributed by atoms with van der Waals surface area (Å²) in [6.07, 6.45) is 1.10. The van der Waals surface area contributed by atoms with Crippen molar-refractivity contribution >= 4 is 29.4 Å². The maximum atomic E-state index is 11.6. The molecule has 21 heavy (non-hydrogen) atoms. The van der Waals surface area contributed by atoms with Crippen LogP contribution in [0.3, 0.4) is 0 Å². The van der Waals surface area contributed by atoms with E-state index in [1.807, 2.05) is 6.92 Å². The number of unbranched alkanes of at least 4 members (excludes halogenated alkanes) is 1. The average molecular weight is 316 g/mol. The Morgan fingerprint density at radius 2 is 2.00 bits per heavy atom. The lowest BCUT2D eigenvalue weighted by molar-refractivity contribution is 0.0597. The standard InChI is InChI=1S/C14H18ClNO5/c1-4-5-6-21-14(18)16-11-8-12(19-2)9(7-10(11)15)13(17)20-3/h7-8H,4-6H2,1-3H3,(H,16,18). The van der Waals surface area contributed by atoms with Crippen LogP contribution in [0.1, 0.15) is 30.1 Å². The zero-order valence-corrected chi connectivity index (χ0v) is 13.0. The maximum absolute atomic E-state index is 11.6. The number of methoxy groups -OCH3 is 2. The Labute approximate surface area is 128 Å². The number of ether oxygens (including phenoxy) is 3. The van der Waals surface area contributed by atoms with Crippen molar-refractivity contribution < 1.29 is 23.8 Å². The van der Waals surface area contributed by atoms with Crippen LogP contribution in [-0.4, -0.2) is 32.9 Å². The monoisotopic (exact) mass is 315 g/mol. The smallest absolute Gasteiger partial charge is 0.411 e. The van der Waals surface area contributed by atoms with Crippen molar-refractivity contribution in [1.29, 1.82) is 0 Å². The molecule has 0 atom stereocenters. The van der Waals surface area contributed by atoms with Crippen LogP contribution in [0.2, 0.25) is 5.02 Å². The van der Waals surface area contributed by atoms with Crippen molar-refractivity contribution in [3.63, 3.8) is 0 Å². The molecule has 0 aromatic heterocycles. The minimum absolute atomic E-state index is 0.176. The van der Waals surface area contributed by atoms with Crippen LogP contribution < -0.4 is 10.1 Å². The molecule has 0 heterocycles. The minimum atomic E-state index is -0.613. The molecule has 1 aromatic carbocycles. The number of halogens is 1. The largest absolute Gasteiger partial charge is 0.496 e. The summed E-state index contributed by atoms with van der Waals surface area (Å²) in [5, 5.41) is 2.69. The number of carbonyl (C=O) groups excluding carboxylic acids is 2. The molecule has 1 aromatic rings. The van der Waals surface area contributed by atoms with Crippen LogP contribution in [-0.2, 0) is 9.47 Å². The normalized spacial score (nSPS) is 9.90. The summed E-state index contributed by atoms with van der Waals surface area (Å²) in [6, 6.07) is 2.81. The van der Waals surface area contributed by atoms with Gasteiger partial charge in [0.15, 0.2) is 0 Å². The summed E-state index contributed by atoms with van der Waals surface area (Å²) in [4.78, 5) is 23.2. The van der Waals surface area contributed by atoms with Gasteiger partial charge in [0, 0.05) is 6.07 Å². The van der Waals surface area contributed by atoms with Crippen LogP contribution in [0.15, 0.2) is 12.1 Å². The molecular weight excluding hydrogens is 298 g/mol. The first kappa shape index (κ1) is 17.1. The fourth-order valence-corrected chi connectivity index (χ4v) is 1.75. The summed E-state index contributed by atoms with van der Waals surface area (Å²) in [6.45, 7) is 2.33. The van der Waals surface area contributed by atoms with E-state index in [2.05, 4.69) is 10.1 Å². The number of rotatable bonds is 6. The van der Waals surface area contributed by atoms with E-state index in [4.69, 9.17) is 21.1 Å². The van der Waals surface area contributed by atoms with Gasteiger partial charge in [0.1, 0.15) is 11.3 Å². The molecule has 0 saturated heterocycles. The molecule has 1 rings (SSSR count). The van der Waals surface area contributed by atoms with E-state index in [9.17, 15) is 9.59 Å². The quantitative estimate of drug-likeness (QED) is 0.642. The summed E-state index contributed by atoms with van der Waals surface area (Å²) in [5.74, 6) is -0.332. The molecular formula is C14H18ClNO5. The highest BCUT2D eigenvalue weighted by molar-refractivity contribution is 6.34. The van der Waals surface area contributed by atoms with E-state index in [-0.39, 0.29) is 16.3 Å². The second-order valence-corrected chi connectivity index (χ2v) is 4.55. The molecule has 0 radical (unpaired) electrons. The number of hydrogen-bond acceptors (Lipinski definition) is 5. The van der Waals surface area contributed by atoms with Gasteiger partial charge in [0.2, 0.25) is 0 Å². The van der Waals surface area contributed by atoms with Crippen molar-refractivity contribution in [2.45, 2.75) is 19.8 Å². The van der Waals surface area contributed by atoms with Gasteiger partial charge in [-0.3, -0.25) is 5.32 Å². The van der Waals surface area contributed by atoms with Gasteiger partial charge in [-0.05, 0) is 12.5 Å². The van der Waals surface area contributed by atoms with Crippen molar-refractivity contribution in [3.05, 3.63) is 22.7 Å². The Balaban J connectivity index is 2.89. The molecule has 1 N–H and O–H groups in total. The zero-order chi connectivity index (χ0) is 15.8. The number of nitrogens with one attached hydrogen (secondary N) is 1. The summed E-state index contributed by atoms with van der Waals surface area (Å²) in [7, 11) is 2.66.